The van der Waals surface area contributed by atoms with E-state index in [0.717, 1.165) is 24.0 Å². The second-order valence-corrected chi connectivity index (χ2v) is 9.14. The molecular formula is C29H44O2. The summed E-state index contributed by atoms with van der Waals surface area (Å²) < 4.78 is 0. The molecule has 0 amide bonds. The zero-order chi connectivity index (χ0) is 22.3. The van der Waals surface area contributed by atoms with E-state index in [9.17, 15) is 10.2 Å². The van der Waals surface area contributed by atoms with Gasteiger partial charge in [0.25, 0.3) is 0 Å². The van der Waals surface area contributed by atoms with E-state index in [2.05, 4.69) is 26.0 Å². The number of phenolic OH excluding ortho intramolecular Hbond substituents is 2. The van der Waals surface area contributed by atoms with Crippen molar-refractivity contribution in [3.63, 3.8) is 0 Å². The summed E-state index contributed by atoms with van der Waals surface area (Å²) in [6.07, 6.45) is 18.2. The van der Waals surface area contributed by atoms with Gasteiger partial charge in [-0.3, -0.25) is 0 Å². The van der Waals surface area contributed by atoms with E-state index < -0.39 is 0 Å². The van der Waals surface area contributed by atoms with Gasteiger partial charge in [0.2, 0.25) is 0 Å². The molecule has 0 spiro atoms. The number of aryl methyl sites for hydroxylation is 2. The standard InChI is InChI=1S/C29H44O2/c1-3-5-7-9-11-13-15-24-17-19-28(30)26(21-24)23-27-22-25(18-20-29(27)31)16-14-12-10-8-6-4-2/h17-22,30-31H,3-16,23H2,1-2H3. The molecule has 0 saturated heterocycles. The van der Waals surface area contributed by atoms with Crippen molar-refractivity contribution in [3.8, 4) is 11.5 Å². The molecule has 0 fully saturated rings. The van der Waals surface area contributed by atoms with E-state index >= 15 is 0 Å². The summed E-state index contributed by atoms with van der Waals surface area (Å²) in [6.45, 7) is 4.50. The summed E-state index contributed by atoms with van der Waals surface area (Å²) in [5, 5.41) is 20.8. The average molecular weight is 425 g/mol. The van der Waals surface area contributed by atoms with Gasteiger partial charge in [-0.15, -0.1) is 0 Å². The molecule has 0 radical (unpaired) electrons. The van der Waals surface area contributed by atoms with Crippen LogP contribution in [0.5, 0.6) is 11.5 Å². The SMILES string of the molecule is CCCCCCCCc1ccc(O)c(Cc2cc(CCCCCCCC)ccc2O)c1. The van der Waals surface area contributed by atoms with Crippen LogP contribution in [0, 0.1) is 0 Å². The Balaban J connectivity index is 1.90. The fourth-order valence-electron chi connectivity index (χ4n) is 4.30. The van der Waals surface area contributed by atoms with Gasteiger partial charge in [-0.1, -0.05) is 102 Å². The van der Waals surface area contributed by atoms with Crippen LogP contribution in [-0.4, -0.2) is 10.2 Å². The summed E-state index contributed by atoms with van der Waals surface area (Å²) in [4.78, 5) is 0. The molecule has 2 nitrogen and oxygen atoms in total. The third kappa shape index (κ3) is 9.80. The van der Waals surface area contributed by atoms with Crippen molar-refractivity contribution >= 4 is 0 Å². The van der Waals surface area contributed by atoms with Crippen LogP contribution in [0.15, 0.2) is 36.4 Å². The highest BCUT2D eigenvalue weighted by Crippen LogP contribution is 2.28. The first kappa shape index (κ1) is 25.3. The monoisotopic (exact) mass is 424 g/mol. The van der Waals surface area contributed by atoms with Crippen molar-refractivity contribution in [1.82, 2.24) is 0 Å². The van der Waals surface area contributed by atoms with Crippen molar-refractivity contribution in [2.75, 3.05) is 0 Å². The molecular weight excluding hydrogens is 380 g/mol. The Morgan fingerprint density at radius 2 is 0.903 bits per heavy atom. The van der Waals surface area contributed by atoms with Crippen LogP contribution in [0.1, 0.15) is 113 Å². The smallest absolute Gasteiger partial charge is 0.119 e. The quantitative estimate of drug-likeness (QED) is 0.265. The number of hydrogen-bond acceptors (Lipinski definition) is 2. The minimum atomic E-state index is 0.326. The molecule has 31 heavy (non-hydrogen) atoms. The van der Waals surface area contributed by atoms with Gasteiger partial charge in [0.1, 0.15) is 11.5 Å². The maximum Gasteiger partial charge on any atom is 0.119 e. The normalized spacial score (nSPS) is 11.2. The number of benzene rings is 2. The lowest BCUT2D eigenvalue weighted by atomic mass is 9.96. The number of phenols is 2. The first-order valence-electron chi connectivity index (χ1n) is 12.8. The minimum absolute atomic E-state index is 0.326. The number of rotatable bonds is 16. The Kier molecular flexibility index (Phi) is 12.2. The van der Waals surface area contributed by atoms with Crippen LogP contribution in [-0.2, 0) is 19.3 Å². The lowest BCUT2D eigenvalue weighted by molar-refractivity contribution is 0.462. The number of aromatic hydroxyl groups is 2. The molecule has 0 unspecified atom stereocenters. The second kappa shape index (κ2) is 14.9. The molecule has 0 aromatic heterocycles. The van der Waals surface area contributed by atoms with E-state index in [0.29, 0.717) is 17.9 Å². The molecule has 0 aliphatic carbocycles. The van der Waals surface area contributed by atoms with E-state index in [1.807, 2.05) is 24.3 Å². The summed E-state index contributed by atoms with van der Waals surface area (Å²) in [6, 6.07) is 12.0. The maximum absolute atomic E-state index is 10.4. The molecule has 172 valence electrons. The second-order valence-electron chi connectivity index (χ2n) is 9.14. The van der Waals surface area contributed by atoms with Crippen LogP contribution in [0.2, 0.25) is 0 Å². The third-order valence-electron chi connectivity index (χ3n) is 6.31. The van der Waals surface area contributed by atoms with Gasteiger partial charge in [0.05, 0.1) is 0 Å². The Bertz CT molecular complexity index is 687. The predicted octanol–water partition coefficient (Wildman–Crippen LogP) is 8.49. The van der Waals surface area contributed by atoms with Gasteiger partial charge in [-0.2, -0.15) is 0 Å². The summed E-state index contributed by atoms with van der Waals surface area (Å²) in [5.41, 5.74) is 4.39. The molecule has 0 atom stereocenters. The summed E-state index contributed by atoms with van der Waals surface area (Å²) in [7, 11) is 0. The molecule has 2 aromatic carbocycles. The Morgan fingerprint density at radius 1 is 0.516 bits per heavy atom. The molecule has 2 heteroatoms. The van der Waals surface area contributed by atoms with Crippen LogP contribution in [0.25, 0.3) is 0 Å². The fraction of sp³-hybridized carbons (Fsp3) is 0.586. The lowest BCUT2D eigenvalue weighted by Gasteiger charge is -2.11. The van der Waals surface area contributed by atoms with Crippen LogP contribution < -0.4 is 0 Å². The third-order valence-corrected chi connectivity index (χ3v) is 6.31. The molecule has 2 aromatic rings. The number of hydrogen-bond donors (Lipinski definition) is 2. The van der Waals surface area contributed by atoms with Gasteiger partial charge >= 0.3 is 0 Å². The van der Waals surface area contributed by atoms with Crippen molar-refractivity contribution < 1.29 is 10.2 Å². The average Bonchev–Trinajstić information content (AvgIpc) is 2.77. The van der Waals surface area contributed by atoms with Crippen LogP contribution in [0.3, 0.4) is 0 Å². The zero-order valence-electron chi connectivity index (χ0n) is 20.0. The van der Waals surface area contributed by atoms with Crippen molar-refractivity contribution in [3.05, 3.63) is 58.7 Å². The Morgan fingerprint density at radius 3 is 1.32 bits per heavy atom. The topological polar surface area (TPSA) is 40.5 Å². The van der Waals surface area contributed by atoms with Crippen LogP contribution >= 0.6 is 0 Å². The fourth-order valence-corrected chi connectivity index (χ4v) is 4.30. The molecule has 2 N–H and O–H groups in total. The molecule has 0 heterocycles. The first-order valence-corrected chi connectivity index (χ1v) is 12.8. The van der Waals surface area contributed by atoms with Gasteiger partial charge in [-0.25, -0.2) is 0 Å². The van der Waals surface area contributed by atoms with Gasteiger partial charge in [0, 0.05) is 6.42 Å². The highest BCUT2D eigenvalue weighted by Gasteiger charge is 2.09. The van der Waals surface area contributed by atoms with Gasteiger partial charge in [-0.05, 0) is 60.1 Å². The van der Waals surface area contributed by atoms with Crippen LogP contribution in [0.4, 0.5) is 0 Å². The van der Waals surface area contributed by atoms with E-state index in [1.165, 1.54) is 88.2 Å². The Hall–Kier alpha value is -1.96. The maximum atomic E-state index is 10.4. The van der Waals surface area contributed by atoms with E-state index in [1.54, 1.807) is 0 Å². The first-order chi connectivity index (χ1) is 15.1. The van der Waals surface area contributed by atoms with Crippen molar-refractivity contribution in [2.45, 2.75) is 110 Å². The van der Waals surface area contributed by atoms with Crippen molar-refractivity contribution in [1.29, 1.82) is 0 Å². The molecule has 0 aliphatic heterocycles. The highest BCUT2D eigenvalue weighted by atomic mass is 16.3. The largest absolute Gasteiger partial charge is 0.508 e. The molecule has 0 aliphatic rings. The van der Waals surface area contributed by atoms with Gasteiger partial charge in [0.15, 0.2) is 0 Å². The minimum Gasteiger partial charge on any atom is -0.508 e. The molecule has 0 bridgehead atoms. The molecule has 2 rings (SSSR count). The predicted molar refractivity (Wildman–Crippen MR) is 133 cm³/mol. The summed E-state index contributed by atoms with van der Waals surface area (Å²) >= 11 is 0. The Labute approximate surface area is 190 Å². The van der Waals surface area contributed by atoms with Crippen molar-refractivity contribution in [2.24, 2.45) is 0 Å². The van der Waals surface area contributed by atoms with Gasteiger partial charge < -0.3 is 10.2 Å². The number of unbranched alkanes of at least 4 members (excludes halogenated alkanes) is 10. The summed E-state index contributed by atoms with van der Waals surface area (Å²) in [5.74, 6) is 0.653. The van der Waals surface area contributed by atoms with E-state index in [4.69, 9.17) is 0 Å². The lowest BCUT2D eigenvalue weighted by Crippen LogP contribution is -1.95. The zero-order valence-corrected chi connectivity index (χ0v) is 20.0. The molecule has 0 saturated carbocycles. The van der Waals surface area contributed by atoms with E-state index in [-0.39, 0.29) is 0 Å². The highest BCUT2D eigenvalue weighted by molar-refractivity contribution is 5.44.